The number of benzene rings is 1. The van der Waals surface area contributed by atoms with E-state index in [2.05, 4.69) is 9.78 Å². The lowest BCUT2D eigenvalue weighted by Crippen LogP contribution is -2.39. The van der Waals surface area contributed by atoms with E-state index < -0.39 is 37.0 Å². The van der Waals surface area contributed by atoms with Gasteiger partial charge in [0.15, 0.2) is 6.17 Å². The van der Waals surface area contributed by atoms with Crippen molar-refractivity contribution in [2.24, 2.45) is 0 Å². The molecule has 0 bridgehead atoms. The summed E-state index contributed by atoms with van der Waals surface area (Å²) in [6.07, 6.45) is -10.6. The van der Waals surface area contributed by atoms with Gasteiger partial charge in [-0.3, -0.25) is 4.89 Å². The highest BCUT2D eigenvalue weighted by Gasteiger charge is 2.49. The van der Waals surface area contributed by atoms with Crippen molar-refractivity contribution in [2.75, 3.05) is 0 Å². The SMILES string of the molecule is CC(=O)OOC(F)(F)C(F)CC(F)(F)Cc1ccccc1. The Morgan fingerprint density at radius 3 is 2.29 bits per heavy atom. The average Bonchev–Trinajstić information content (AvgIpc) is 2.36. The highest BCUT2D eigenvalue weighted by atomic mass is 19.3. The van der Waals surface area contributed by atoms with Crippen LogP contribution in [0.4, 0.5) is 22.0 Å². The quantitative estimate of drug-likeness (QED) is 0.438. The molecule has 0 spiro atoms. The molecule has 1 aromatic rings. The monoisotopic (exact) mass is 312 g/mol. The Kier molecular flexibility index (Phi) is 5.65. The number of rotatable bonds is 7. The molecule has 0 aliphatic rings. The van der Waals surface area contributed by atoms with Crippen molar-refractivity contribution in [3.8, 4) is 0 Å². The second kappa shape index (κ2) is 6.84. The number of hydrogen-bond donors (Lipinski definition) is 0. The molecule has 1 aromatic carbocycles. The van der Waals surface area contributed by atoms with Crippen LogP contribution >= 0.6 is 0 Å². The Morgan fingerprint density at radius 2 is 1.76 bits per heavy atom. The molecular weight excluding hydrogens is 299 g/mol. The smallest absolute Gasteiger partial charge is 0.293 e. The lowest BCUT2D eigenvalue weighted by molar-refractivity contribution is -0.431. The molecule has 0 radical (unpaired) electrons. The van der Waals surface area contributed by atoms with Crippen LogP contribution in [-0.4, -0.2) is 24.2 Å². The van der Waals surface area contributed by atoms with E-state index in [0.29, 0.717) is 0 Å². The van der Waals surface area contributed by atoms with Crippen molar-refractivity contribution in [3.05, 3.63) is 35.9 Å². The third-order valence-corrected chi connectivity index (χ3v) is 2.42. The van der Waals surface area contributed by atoms with Crippen LogP contribution in [0.3, 0.4) is 0 Å². The van der Waals surface area contributed by atoms with Crippen LogP contribution < -0.4 is 0 Å². The van der Waals surface area contributed by atoms with E-state index in [1.54, 1.807) is 6.07 Å². The largest absolute Gasteiger partial charge is 0.421 e. The first-order chi connectivity index (χ1) is 9.62. The van der Waals surface area contributed by atoms with Crippen LogP contribution in [0.25, 0.3) is 0 Å². The summed E-state index contributed by atoms with van der Waals surface area (Å²) < 4.78 is 66.5. The molecule has 3 nitrogen and oxygen atoms in total. The topological polar surface area (TPSA) is 35.5 Å². The Balaban J connectivity index is 2.62. The Labute approximate surface area is 117 Å². The molecule has 0 fully saturated rings. The summed E-state index contributed by atoms with van der Waals surface area (Å²) in [5.74, 6) is -4.96. The van der Waals surface area contributed by atoms with Crippen LogP contribution in [0.15, 0.2) is 30.3 Å². The van der Waals surface area contributed by atoms with Gasteiger partial charge in [0.25, 0.3) is 5.92 Å². The number of halogens is 5. The molecule has 0 saturated carbocycles. The number of hydrogen-bond acceptors (Lipinski definition) is 3. The van der Waals surface area contributed by atoms with Crippen molar-refractivity contribution in [3.63, 3.8) is 0 Å². The molecule has 0 amide bonds. The van der Waals surface area contributed by atoms with Gasteiger partial charge in [-0.2, -0.15) is 8.78 Å². The second-order valence-electron chi connectivity index (χ2n) is 4.41. The van der Waals surface area contributed by atoms with Gasteiger partial charge in [0.05, 0.1) is 6.42 Å². The highest BCUT2D eigenvalue weighted by molar-refractivity contribution is 5.65. The zero-order chi connectivity index (χ0) is 16.1. The molecule has 0 heterocycles. The van der Waals surface area contributed by atoms with Crippen molar-refractivity contribution < 1.29 is 36.5 Å². The fourth-order valence-electron chi connectivity index (χ4n) is 1.51. The van der Waals surface area contributed by atoms with Gasteiger partial charge in [0, 0.05) is 13.3 Å². The van der Waals surface area contributed by atoms with E-state index in [0.717, 1.165) is 6.92 Å². The molecule has 118 valence electrons. The fourth-order valence-corrected chi connectivity index (χ4v) is 1.51. The summed E-state index contributed by atoms with van der Waals surface area (Å²) in [6.45, 7) is 0.743. The second-order valence-corrected chi connectivity index (χ2v) is 4.41. The minimum Gasteiger partial charge on any atom is -0.293 e. The van der Waals surface area contributed by atoms with Gasteiger partial charge >= 0.3 is 12.1 Å². The van der Waals surface area contributed by atoms with E-state index in [1.807, 2.05) is 0 Å². The molecule has 1 atom stereocenters. The maximum Gasteiger partial charge on any atom is 0.421 e. The maximum absolute atomic E-state index is 13.6. The summed E-state index contributed by atoms with van der Waals surface area (Å²) in [4.78, 5) is 17.0. The Bertz CT molecular complexity index is 464. The third kappa shape index (κ3) is 6.07. The highest BCUT2D eigenvalue weighted by Crippen LogP contribution is 2.34. The lowest BCUT2D eigenvalue weighted by Gasteiger charge is -2.23. The minimum absolute atomic E-state index is 0.180. The summed E-state index contributed by atoms with van der Waals surface area (Å²) >= 11 is 0. The molecule has 0 aliphatic carbocycles. The van der Waals surface area contributed by atoms with Crippen LogP contribution in [0.1, 0.15) is 18.9 Å². The first kappa shape index (κ1) is 17.4. The first-order valence-corrected chi connectivity index (χ1v) is 5.92. The van der Waals surface area contributed by atoms with Crippen molar-refractivity contribution >= 4 is 5.97 Å². The van der Waals surface area contributed by atoms with Crippen LogP contribution in [-0.2, 0) is 21.0 Å². The van der Waals surface area contributed by atoms with Crippen LogP contribution in [0.2, 0.25) is 0 Å². The molecule has 1 unspecified atom stereocenters. The molecular formula is C13H13F5O3. The zero-order valence-corrected chi connectivity index (χ0v) is 11.0. The van der Waals surface area contributed by atoms with E-state index in [-0.39, 0.29) is 5.56 Å². The van der Waals surface area contributed by atoms with Gasteiger partial charge in [-0.25, -0.2) is 18.0 Å². The van der Waals surface area contributed by atoms with Gasteiger partial charge in [-0.1, -0.05) is 30.3 Å². The molecule has 0 aliphatic heterocycles. The number of alkyl halides is 5. The molecule has 1 rings (SSSR count). The van der Waals surface area contributed by atoms with E-state index in [1.165, 1.54) is 24.3 Å². The molecule has 0 saturated heterocycles. The van der Waals surface area contributed by atoms with E-state index >= 15 is 0 Å². The summed E-state index contributed by atoms with van der Waals surface area (Å²) in [7, 11) is 0. The summed E-state index contributed by atoms with van der Waals surface area (Å²) in [6, 6.07) is 7.33. The average molecular weight is 312 g/mol. The Morgan fingerprint density at radius 1 is 1.19 bits per heavy atom. The maximum atomic E-state index is 13.6. The predicted octanol–water partition coefficient (Wildman–Crippen LogP) is 3.68. The predicted molar refractivity (Wildman–Crippen MR) is 62.4 cm³/mol. The first-order valence-electron chi connectivity index (χ1n) is 5.92. The van der Waals surface area contributed by atoms with Crippen molar-refractivity contribution in [1.82, 2.24) is 0 Å². The van der Waals surface area contributed by atoms with Gasteiger partial charge in [0.2, 0.25) is 0 Å². The van der Waals surface area contributed by atoms with Gasteiger partial charge in [0.1, 0.15) is 0 Å². The molecule has 8 heteroatoms. The molecule has 0 N–H and O–H groups in total. The van der Waals surface area contributed by atoms with E-state index in [9.17, 15) is 26.7 Å². The van der Waals surface area contributed by atoms with Crippen LogP contribution in [0, 0.1) is 0 Å². The Hall–Kier alpha value is -1.70. The molecule has 0 aromatic heterocycles. The van der Waals surface area contributed by atoms with Crippen LogP contribution in [0.5, 0.6) is 0 Å². The van der Waals surface area contributed by atoms with Gasteiger partial charge in [-0.05, 0) is 5.56 Å². The summed E-state index contributed by atoms with van der Waals surface area (Å²) in [5, 5.41) is 0. The fraction of sp³-hybridized carbons (Fsp3) is 0.462. The summed E-state index contributed by atoms with van der Waals surface area (Å²) in [5.41, 5.74) is 0.180. The normalized spacial score (nSPS) is 13.8. The lowest BCUT2D eigenvalue weighted by atomic mass is 10.0. The van der Waals surface area contributed by atoms with Gasteiger partial charge in [-0.15, -0.1) is 4.89 Å². The number of carbonyl (C=O) groups is 1. The van der Waals surface area contributed by atoms with Crippen molar-refractivity contribution in [1.29, 1.82) is 0 Å². The molecule has 21 heavy (non-hydrogen) atoms. The van der Waals surface area contributed by atoms with E-state index in [4.69, 9.17) is 0 Å². The van der Waals surface area contributed by atoms with Gasteiger partial charge < -0.3 is 0 Å². The number of carbonyl (C=O) groups excluding carboxylic acids is 1. The minimum atomic E-state index is -4.65. The third-order valence-electron chi connectivity index (χ3n) is 2.42. The van der Waals surface area contributed by atoms with Crippen molar-refractivity contribution in [2.45, 2.75) is 38.0 Å². The zero-order valence-electron chi connectivity index (χ0n) is 11.0. The standard InChI is InChI=1S/C13H13F5O3/c1-9(19)20-21-13(17,18)11(14)8-12(15,16)7-10-5-3-2-4-6-10/h2-6,11H,7-8H2,1H3.